The van der Waals surface area contributed by atoms with Gasteiger partial charge in [-0.05, 0) is 13.8 Å². The maximum absolute atomic E-state index is 11.4. The van der Waals surface area contributed by atoms with Crippen molar-refractivity contribution in [2.45, 2.75) is 20.8 Å². The standard InChI is InChI=1S/C10H18N4O2S/c1-4-13-17(15,16)6-5-11-10-9(3)12-7-8(2)14-10/h7,13H,4-6H2,1-3H3,(H,11,14). The Morgan fingerprint density at radius 3 is 2.71 bits per heavy atom. The fraction of sp³-hybridized carbons (Fsp3) is 0.600. The van der Waals surface area contributed by atoms with Crippen molar-refractivity contribution < 1.29 is 8.42 Å². The lowest BCUT2D eigenvalue weighted by molar-refractivity contribution is 0.584. The molecule has 0 aliphatic carbocycles. The first-order chi connectivity index (χ1) is 7.94. The van der Waals surface area contributed by atoms with E-state index in [1.165, 1.54) is 0 Å². The van der Waals surface area contributed by atoms with E-state index in [0.29, 0.717) is 18.9 Å². The van der Waals surface area contributed by atoms with Crippen molar-refractivity contribution in [2.75, 3.05) is 24.2 Å². The van der Waals surface area contributed by atoms with Crippen LogP contribution in [0, 0.1) is 13.8 Å². The monoisotopic (exact) mass is 258 g/mol. The molecule has 6 nitrogen and oxygen atoms in total. The minimum Gasteiger partial charge on any atom is -0.367 e. The smallest absolute Gasteiger partial charge is 0.213 e. The number of anilines is 1. The third-order valence-electron chi connectivity index (χ3n) is 2.10. The van der Waals surface area contributed by atoms with E-state index in [1.807, 2.05) is 13.8 Å². The third-order valence-corrected chi connectivity index (χ3v) is 3.57. The molecular formula is C10H18N4O2S. The summed E-state index contributed by atoms with van der Waals surface area (Å²) in [5.41, 5.74) is 1.56. The molecule has 0 saturated carbocycles. The van der Waals surface area contributed by atoms with Crippen LogP contribution in [0.5, 0.6) is 0 Å². The molecule has 0 spiro atoms. The Kier molecular flexibility index (Phi) is 4.83. The topological polar surface area (TPSA) is 84.0 Å². The van der Waals surface area contributed by atoms with Crippen LogP contribution in [0.4, 0.5) is 5.82 Å². The highest BCUT2D eigenvalue weighted by Gasteiger charge is 2.08. The molecule has 1 heterocycles. The summed E-state index contributed by atoms with van der Waals surface area (Å²) in [5.74, 6) is 0.660. The Bertz CT molecular complexity index is 473. The predicted octanol–water partition coefficient (Wildman–Crippen LogP) is 0.445. The molecule has 1 aromatic rings. The normalized spacial score (nSPS) is 11.5. The lowest BCUT2D eigenvalue weighted by atomic mass is 10.4. The molecule has 0 aromatic carbocycles. The molecule has 0 aliphatic rings. The number of hydrogen-bond acceptors (Lipinski definition) is 5. The predicted molar refractivity (Wildman–Crippen MR) is 67.5 cm³/mol. The lowest BCUT2D eigenvalue weighted by Crippen LogP contribution is -2.29. The molecule has 17 heavy (non-hydrogen) atoms. The summed E-state index contributed by atoms with van der Waals surface area (Å²) in [4.78, 5) is 8.39. The molecule has 0 amide bonds. The summed E-state index contributed by atoms with van der Waals surface area (Å²) in [6.45, 7) is 6.14. The van der Waals surface area contributed by atoms with Crippen molar-refractivity contribution in [1.29, 1.82) is 0 Å². The van der Waals surface area contributed by atoms with Crippen LogP contribution in [-0.2, 0) is 10.0 Å². The van der Waals surface area contributed by atoms with Gasteiger partial charge in [0.25, 0.3) is 0 Å². The van der Waals surface area contributed by atoms with Gasteiger partial charge in [0.05, 0.1) is 17.1 Å². The fourth-order valence-corrected chi connectivity index (χ4v) is 2.26. The van der Waals surface area contributed by atoms with Gasteiger partial charge in [0.2, 0.25) is 10.0 Å². The SMILES string of the molecule is CCNS(=O)(=O)CCNc1nc(C)cnc1C. The van der Waals surface area contributed by atoms with Crippen LogP contribution in [-0.4, -0.2) is 37.2 Å². The van der Waals surface area contributed by atoms with E-state index in [2.05, 4.69) is 20.0 Å². The molecule has 0 bridgehead atoms. The van der Waals surface area contributed by atoms with Gasteiger partial charge in [-0.3, -0.25) is 4.98 Å². The number of nitrogens with one attached hydrogen (secondary N) is 2. The number of rotatable bonds is 6. The summed E-state index contributed by atoms with van der Waals surface area (Å²) in [5, 5.41) is 2.98. The quantitative estimate of drug-likeness (QED) is 0.773. The largest absolute Gasteiger partial charge is 0.367 e. The maximum Gasteiger partial charge on any atom is 0.213 e. The van der Waals surface area contributed by atoms with E-state index in [1.54, 1.807) is 13.1 Å². The van der Waals surface area contributed by atoms with Crippen LogP contribution in [0.1, 0.15) is 18.3 Å². The second-order valence-electron chi connectivity index (χ2n) is 3.69. The summed E-state index contributed by atoms with van der Waals surface area (Å²) in [6, 6.07) is 0. The van der Waals surface area contributed by atoms with Gasteiger partial charge in [0.15, 0.2) is 0 Å². The first-order valence-electron chi connectivity index (χ1n) is 5.46. The molecule has 1 rings (SSSR count). The van der Waals surface area contributed by atoms with Crippen LogP contribution in [0.3, 0.4) is 0 Å². The van der Waals surface area contributed by atoms with Crippen LogP contribution in [0.25, 0.3) is 0 Å². The minimum atomic E-state index is -3.19. The van der Waals surface area contributed by atoms with Gasteiger partial charge in [-0.2, -0.15) is 0 Å². The highest BCUT2D eigenvalue weighted by Crippen LogP contribution is 2.07. The zero-order valence-corrected chi connectivity index (χ0v) is 11.1. The van der Waals surface area contributed by atoms with Crippen molar-refractivity contribution in [3.05, 3.63) is 17.6 Å². The van der Waals surface area contributed by atoms with Gasteiger partial charge < -0.3 is 5.32 Å². The second-order valence-corrected chi connectivity index (χ2v) is 5.62. The third kappa shape index (κ3) is 4.66. The lowest BCUT2D eigenvalue weighted by Gasteiger charge is -2.09. The van der Waals surface area contributed by atoms with Crippen molar-refractivity contribution in [1.82, 2.24) is 14.7 Å². The number of aryl methyl sites for hydroxylation is 2. The van der Waals surface area contributed by atoms with Crippen LogP contribution in [0.2, 0.25) is 0 Å². The Hall–Kier alpha value is -1.21. The van der Waals surface area contributed by atoms with E-state index in [-0.39, 0.29) is 5.75 Å². The van der Waals surface area contributed by atoms with E-state index >= 15 is 0 Å². The Morgan fingerprint density at radius 1 is 1.35 bits per heavy atom. The van der Waals surface area contributed by atoms with Gasteiger partial charge in [0.1, 0.15) is 5.82 Å². The molecule has 2 N–H and O–H groups in total. The molecule has 0 radical (unpaired) electrons. The van der Waals surface area contributed by atoms with Crippen molar-refractivity contribution in [3.63, 3.8) is 0 Å². The van der Waals surface area contributed by atoms with Crippen LogP contribution in [0.15, 0.2) is 6.20 Å². The van der Waals surface area contributed by atoms with Gasteiger partial charge in [-0.15, -0.1) is 0 Å². The number of hydrogen-bond donors (Lipinski definition) is 2. The van der Waals surface area contributed by atoms with Crippen molar-refractivity contribution >= 4 is 15.8 Å². The molecule has 1 aromatic heterocycles. The Morgan fingerprint density at radius 2 is 2.06 bits per heavy atom. The molecule has 0 unspecified atom stereocenters. The molecular weight excluding hydrogens is 240 g/mol. The molecule has 7 heteroatoms. The summed E-state index contributed by atoms with van der Waals surface area (Å²) in [7, 11) is -3.19. The first kappa shape index (κ1) is 13.9. The highest BCUT2D eigenvalue weighted by molar-refractivity contribution is 7.89. The van der Waals surface area contributed by atoms with Crippen molar-refractivity contribution in [3.8, 4) is 0 Å². The summed E-state index contributed by atoms with van der Waals surface area (Å²) < 4.78 is 25.2. The maximum atomic E-state index is 11.4. The molecule has 96 valence electrons. The molecule has 0 atom stereocenters. The molecule has 0 saturated heterocycles. The number of nitrogens with zero attached hydrogens (tertiary/aromatic N) is 2. The van der Waals surface area contributed by atoms with Crippen LogP contribution < -0.4 is 10.0 Å². The zero-order valence-electron chi connectivity index (χ0n) is 10.3. The van der Waals surface area contributed by atoms with E-state index in [0.717, 1.165) is 11.4 Å². The van der Waals surface area contributed by atoms with Gasteiger partial charge in [-0.1, -0.05) is 6.92 Å². The van der Waals surface area contributed by atoms with E-state index in [4.69, 9.17) is 0 Å². The number of aromatic nitrogens is 2. The van der Waals surface area contributed by atoms with E-state index in [9.17, 15) is 8.42 Å². The zero-order chi connectivity index (χ0) is 12.9. The highest BCUT2D eigenvalue weighted by atomic mass is 32.2. The van der Waals surface area contributed by atoms with Crippen molar-refractivity contribution in [2.24, 2.45) is 0 Å². The van der Waals surface area contributed by atoms with Gasteiger partial charge in [0, 0.05) is 19.3 Å². The average Bonchev–Trinajstić information content (AvgIpc) is 2.23. The minimum absolute atomic E-state index is 0.0237. The Balaban J connectivity index is 2.54. The average molecular weight is 258 g/mol. The first-order valence-corrected chi connectivity index (χ1v) is 7.11. The summed E-state index contributed by atoms with van der Waals surface area (Å²) >= 11 is 0. The molecule has 0 fully saturated rings. The number of sulfonamides is 1. The molecule has 0 aliphatic heterocycles. The second kappa shape index (κ2) is 5.92. The van der Waals surface area contributed by atoms with Gasteiger partial charge >= 0.3 is 0 Å². The van der Waals surface area contributed by atoms with Gasteiger partial charge in [-0.25, -0.2) is 18.1 Å². The Labute approximate surface area is 102 Å². The van der Waals surface area contributed by atoms with Crippen LogP contribution >= 0.6 is 0 Å². The van der Waals surface area contributed by atoms with E-state index < -0.39 is 10.0 Å². The summed E-state index contributed by atoms with van der Waals surface area (Å²) in [6.07, 6.45) is 1.68. The fourth-order valence-electron chi connectivity index (χ4n) is 1.30.